The van der Waals surface area contributed by atoms with Gasteiger partial charge in [0.05, 0.1) is 10.6 Å². The zero-order chi connectivity index (χ0) is 21.8. The number of anilines is 1. The van der Waals surface area contributed by atoms with Crippen molar-refractivity contribution in [1.29, 1.82) is 0 Å². The largest absolute Gasteiger partial charge is 0.481 e. The highest BCUT2D eigenvalue weighted by Gasteiger charge is 2.22. The Kier molecular flexibility index (Phi) is 6.22. The van der Waals surface area contributed by atoms with Crippen LogP contribution in [0.15, 0.2) is 47.4 Å². The number of fused-ring (bicyclic) bond motifs is 1. The normalized spacial score (nSPS) is 17.1. The molecule has 0 radical (unpaired) electrons. The summed E-state index contributed by atoms with van der Waals surface area (Å²) in [6, 6.07) is 11.0. The van der Waals surface area contributed by atoms with E-state index in [1.165, 1.54) is 18.6 Å². The molecule has 0 unspecified atom stereocenters. The predicted molar refractivity (Wildman–Crippen MR) is 115 cm³/mol. The fourth-order valence-corrected chi connectivity index (χ4v) is 4.74. The number of amides is 1. The molecular formula is C22H26N2O6S. The Morgan fingerprint density at radius 1 is 1.03 bits per heavy atom. The molecule has 1 heterocycles. The maximum atomic E-state index is 12.7. The van der Waals surface area contributed by atoms with Gasteiger partial charge in [0.15, 0.2) is 17.6 Å². The van der Waals surface area contributed by atoms with E-state index in [0.717, 1.165) is 25.7 Å². The molecule has 9 heteroatoms. The van der Waals surface area contributed by atoms with Gasteiger partial charge in [0.25, 0.3) is 15.9 Å². The van der Waals surface area contributed by atoms with Crippen LogP contribution < -0.4 is 24.2 Å². The lowest BCUT2D eigenvalue weighted by atomic mass is 9.95. The van der Waals surface area contributed by atoms with E-state index < -0.39 is 16.1 Å². The summed E-state index contributed by atoms with van der Waals surface area (Å²) in [6.45, 7) is 1.80. The Balaban J connectivity index is 1.36. The third-order valence-electron chi connectivity index (χ3n) is 5.39. The Hall–Kier alpha value is -2.94. The predicted octanol–water partition coefficient (Wildman–Crippen LogP) is 3.43. The summed E-state index contributed by atoms with van der Waals surface area (Å²) in [7, 11) is -3.79. The molecule has 1 atom stereocenters. The van der Waals surface area contributed by atoms with E-state index >= 15 is 0 Å². The molecule has 31 heavy (non-hydrogen) atoms. The van der Waals surface area contributed by atoms with Gasteiger partial charge in [0.2, 0.25) is 6.79 Å². The van der Waals surface area contributed by atoms with Gasteiger partial charge in [-0.2, -0.15) is 0 Å². The van der Waals surface area contributed by atoms with Crippen molar-refractivity contribution in [2.45, 2.75) is 56.1 Å². The Morgan fingerprint density at radius 2 is 1.74 bits per heavy atom. The maximum Gasteiger partial charge on any atom is 0.261 e. The summed E-state index contributed by atoms with van der Waals surface area (Å²) >= 11 is 0. The maximum absolute atomic E-state index is 12.7. The van der Waals surface area contributed by atoms with E-state index in [2.05, 4.69) is 10.0 Å². The standard InChI is InChI=1S/C22H26N2O6S/c1-15(22(25)23-16-5-3-2-4-6-16)30-18-8-10-19(11-9-18)31(26,27)24-17-7-12-20-21(13-17)29-14-28-20/h7-13,15-16,24H,2-6,14H2,1H3,(H,23,25)/t15-/m1/s1. The van der Waals surface area contributed by atoms with Gasteiger partial charge in [-0.15, -0.1) is 0 Å². The molecule has 2 aromatic rings. The number of benzene rings is 2. The van der Waals surface area contributed by atoms with Crippen molar-refractivity contribution in [1.82, 2.24) is 5.32 Å². The van der Waals surface area contributed by atoms with Gasteiger partial charge in [-0.05, 0) is 56.2 Å². The number of hydrogen-bond donors (Lipinski definition) is 2. The van der Waals surface area contributed by atoms with Gasteiger partial charge in [0.1, 0.15) is 5.75 Å². The zero-order valence-electron chi connectivity index (χ0n) is 17.3. The van der Waals surface area contributed by atoms with Crippen molar-refractivity contribution in [3.63, 3.8) is 0 Å². The van der Waals surface area contributed by atoms with Crippen LogP contribution in [0.4, 0.5) is 5.69 Å². The summed E-state index contributed by atoms with van der Waals surface area (Å²) in [5, 5.41) is 3.03. The zero-order valence-corrected chi connectivity index (χ0v) is 18.1. The number of rotatable bonds is 7. The van der Waals surface area contributed by atoms with Crippen LogP contribution in [0.3, 0.4) is 0 Å². The Labute approximate surface area is 181 Å². The van der Waals surface area contributed by atoms with Crippen molar-refractivity contribution in [3.05, 3.63) is 42.5 Å². The van der Waals surface area contributed by atoms with E-state index in [9.17, 15) is 13.2 Å². The second-order valence-electron chi connectivity index (χ2n) is 7.75. The first-order valence-electron chi connectivity index (χ1n) is 10.4. The lowest BCUT2D eigenvalue weighted by Gasteiger charge is -2.24. The SMILES string of the molecule is C[C@@H](Oc1ccc(S(=O)(=O)Nc2ccc3c(c2)OCO3)cc1)C(=O)NC1CCCCC1. The molecular weight excluding hydrogens is 420 g/mol. The van der Waals surface area contributed by atoms with Gasteiger partial charge < -0.3 is 19.5 Å². The number of carbonyl (C=O) groups is 1. The molecule has 0 spiro atoms. The minimum Gasteiger partial charge on any atom is -0.481 e. The van der Waals surface area contributed by atoms with Gasteiger partial charge in [-0.25, -0.2) is 8.42 Å². The third kappa shape index (κ3) is 5.22. The average molecular weight is 447 g/mol. The number of nitrogens with one attached hydrogen (secondary N) is 2. The second kappa shape index (κ2) is 9.05. The summed E-state index contributed by atoms with van der Waals surface area (Å²) in [4.78, 5) is 12.4. The smallest absolute Gasteiger partial charge is 0.261 e. The fourth-order valence-electron chi connectivity index (χ4n) is 3.69. The number of sulfonamides is 1. The molecule has 1 aliphatic carbocycles. The second-order valence-corrected chi connectivity index (χ2v) is 9.43. The highest BCUT2D eigenvalue weighted by atomic mass is 32.2. The molecule has 1 amide bonds. The molecule has 2 aromatic carbocycles. The van der Waals surface area contributed by atoms with Crippen molar-refractivity contribution in [2.75, 3.05) is 11.5 Å². The molecule has 1 saturated carbocycles. The Morgan fingerprint density at radius 3 is 2.48 bits per heavy atom. The molecule has 0 bridgehead atoms. The number of ether oxygens (including phenoxy) is 3. The molecule has 0 saturated heterocycles. The summed E-state index contributed by atoms with van der Waals surface area (Å²) in [5.41, 5.74) is 0.373. The van der Waals surface area contributed by atoms with Crippen molar-refractivity contribution >= 4 is 21.6 Å². The number of carbonyl (C=O) groups excluding carboxylic acids is 1. The van der Waals surface area contributed by atoms with Gasteiger partial charge >= 0.3 is 0 Å². The first-order chi connectivity index (χ1) is 14.9. The van der Waals surface area contributed by atoms with Gasteiger partial charge in [0, 0.05) is 12.1 Å². The van der Waals surface area contributed by atoms with E-state index in [1.54, 1.807) is 37.3 Å². The van der Waals surface area contributed by atoms with Crippen molar-refractivity contribution in [3.8, 4) is 17.2 Å². The lowest BCUT2D eigenvalue weighted by molar-refractivity contribution is -0.128. The van der Waals surface area contributed by atoms with Crippen molar-refractivity contribution in [2.24, 2.45) is 0 Å². The first kappa shape index (κ1) is 21.3. The van der Waals surface area contributed by atoms with Crippen LogP contribution in [0.5, 0.6) is 17.2 Å². The van der Waals surface area contributed by atoms with Crippen LogP contribution in [-0.2, 0) is 14.8 Å². The molecule has 1 aliphatic heterocycles. The molecule has 4 rings (SSSR count). The van der Waals surface area contributed by atoms with Crippen LogP contribution in [-0.4, -0.2) is 33.3 Å². The molecule has 2 N–H and O–H groups in total. The summed E-state index contributed by atoms with van der Waals surface area (Å²) < 4.78 is 44.1. The molecule has 2 aliphatic rings. The van der Waals surface area contributed by atoms with Crippen LogP contribution in [0.2, 0.25) is 0 Å². The minimum atomic E-state index is -3.79. The van der Waals surface area contributed by atoms with E-state index in [-0.39, 0.29) is 23.6 Å². The quantitative estimate of drug-likeness (QED) is 0.676. The Bertz CT molecular complexity index is 1030. The average Bonchev–Trinajstić information content (AvgIpc) is 3.22. The third-order valence-corrected chi connectivity index (χ3v) is 6.79. The highest BCUT2D eigenvalue weighted by molar-refractivity contribution is 7.92. The minimum absolute atomic E-state index is 0.0804. The van der Waals surface area contributed by atoms with Crippen LogP contribution in [0.25, 0.3) is 0 Å². The molecule has 166 valence electrons. The van der Waals surface area contributed by atoms with E-state index in [0.29, 0.717) is 22.9 Å². The lowest BCUT2D eigenvalue weighted by Crippen LogP contribution is -2.43. The van der Waals surface area contributed by atoms with E-state index in [4.69, 9.17) is 14.2 Å². The summed E-state index contributed by atoms with van der Waals surface area (Å²) in [5.74, 6) is 1.33. The molecule has 0 aromatic heterocycles. The topological polar surface area (TPSA) is 103 Å². The van der Waals surface area contributed by atoms with Crippen LogP contribution in [0.1, 0.15) is 39.0 Å². The monoisotopic (exact) mass is 446 g/mol. The summed E-state index contributed by atoms with van der Waals surface area (Å²) in [6.07, 6.45) is 4.82. The van der Waals surface area contributed by atoms with Gasteiger partial charge in [-0.1, -0.05) is 19.3 Å². The highest BCUT2D eigenvalue weighted by Crippen LogP contribution is 2.35. The fraction of sp³-hybridized carbons (Fsp3) is 0.409. The molecule has 8 nitrogen and oxygen atoms in total. The van der Waals surface area contributed by atoms with Crippen LogP contribution >= 0.6 is 0 Å². The van der Waals surface area contributed by atoms with E-state index in [1.807, 2.05) is 0 Å². The molecule has 1 fully saturated rings. The van der Waals surface area contributed by atoms with Crippen molar-refractivity contribution < 1.29 is 27.4 Å². The first-order valence-corrected chi connectivity index (χ1v) is 11.9. The van der Waals surface area contributed by atoms with Gasteiger partial charge in [-0.3, -0.25) is 9.52 Å². The number of hydrogen-bond acceptors (Lipinski definition) is 6. The van der Waals surface area contributed by atoms with Crippen LogP contribution in [0, 0.1) is 0 Å².